The summed E-state index contributed by atoms with van der Waals surface area (Å²) < 4.78 is 0. The van der Waals surface area contributed by atoms with Crippen LogP contribution in [0.5, 0.6) is 0 Å². The Labute approximate surface area is 155 Å². The van der Waals surface area contributed by atoms with Crippen molar-refractivity contribution in [2.45, 2.75) is 12.5 Å². The summed E-state index contributed by atoms with van der Waals surface area (Å²) in [6, 6.07) is 15.5. The van der Waals surface area contributed by atoms with Gasteiger partial charge in [0.2, 0.25) is 11.9 Å². The average Bonchev–Trinajstić information content (AvgIpc) is 2.97. The van der Waals surface area contributed by atoms with Crippen molar-refractivity contribution >= 4 is 41.3 Å². The van der Waals surface area contributed by atoms with Crippen molar-refractivity contribution in [2.75, 3.05) is 5.32 Å². The maximum atomic E-state index is 12.1. The van der Waals surface area contributed by atoms with Gasteiger partial charge in [-0.2, -0.15) is 5.10 Å². The Balaban J connectivity index is 1.55. The van der Waals surface area contributed by atoms with E-state index in [9.17, 15) is 9.59 Å². The number of hydrogen-bond donors (Lipinski definition) is 3. The van der Waals surface area contributed by atoms with Crippen LogP contribution in [0.2, 0.25) is 5.02 Å². The molecule has 0 aromatic heterocycles. The molecule has 0 radical (unpaired) electrons. The number of carbonyl (C=O) groups excluding carboxylic acids is 2. The lowest BCUT2D eigenvalue weighted by Gasteiger charge is -2.08. The quantitative estimate of drug-likeness (QED) is 0.556. The van der Waals surface area contributed by atoms with E-state index in [2.05, 4.69) is 26.2 Å². The number of para-hydroxylation sites is 1. The van der Waals surface area contributed by atoms with E-state index in [1.54, 1.807) is 30.5 Å². The molecule has 0 aliphatic carbocycles. The van der Waals surface area contributed by atoms with Gasteiger partial charge in [0.1, 0.15) is 6.04 Å². The van der Waals surface area contributed by atoms with Crippen LogP contribution in [0.3, 0.4) is 0 Å². The lowest BCUT2D eigenvalue weighted by Crippen LogP contribution is -2.35. The Morgan fingerprint density at radius 1 is 1.19 bits per heavy atom. The fraction of sp³-hybridized carbons (Fsp3) is 0.111. The Hall–Kier alpha value is -3.19. The highest BCUT2D eigenvalue weighted by Crippen LogP contribution is 2.21. The fourth-order valence-corrected chi connectivity index (χ4v) is 2.47. The molecule has 1 heterocycles. The number of hydrazone groups is 1. The molecule has 1 aliphatic heterocycles. The summed E-state index contributed by atoms with van der Waals surface area (Å²) in [5.41, 5.74) is 4.05. The van der Waals surface area contributed by atoms with Crippen molar-refractivity contribution in [3.05, 3.63) is 65.2 Å². The van der Waals surface area contributed by atoms with Crippen LogP contribution in [0.4, 0.5) is 5.69 Å². The maximum absolute atomic E-state index is 12.1. The van der Waals surface area contributed by atoms with E-state index < -0.39 is 6.04 Å². The summed E-state index contributed by atoms with van der Waals surface area (Å²) in [5.74, 6) is -0.509. The van der Waals surface area contributed by atoms with Gasteiger partial charge in [0, 0.05) is 0 Å². The number of anilines is 1. The first-order valence-electron chi connectivity index (χ1n) is 7.89. The van der Waals surface area contributed by atoms with Crippen LogP contribution in [0.15, 0.2) is 64.7 Å². The first-order chi connectivity index (χ1) is 12.6. The van der Waals surface area contributed by atoms with Crippen LogP contribution in [0, 0.1) is 0 Å². The van der Waals surface area contributed by atoms with Crippen molar-refractivity contribution in [2.24, 2.45) is 10.1 Å². The number of guanidine groups is 1. The molecule has 1 atom stereocenters. The van der Waals surface area contributed by atoms with Crippen LogP contribution < -0.4 is 16.1 Å². The third-order valence-electron chi connectivity index (χ3n) is 3.54. The third kappa shape index (κ3) is 4.67. The van der Waals surface area contributed by atoms with Gasteiger partial charge in [0.15, 0.2) is 0 Å². The Kier molecular flexibility index (Phi) is 5.60. The summed E-state index contributed by atoms with van der Waals surface area (Å²) in [5, 5.41) is 9.66. The summed E-state index contributed by atoms with van der Waals surface area (Å²) in [7, 11) is 0. The molecule has 2 amide bonds. The van der Waals surface area contributed by atoms with Gasteiger partial charge < -0.3 is 5.32 Å². The largest absolute Gasteiger partial charge is 0.325 e. The monoisotopic (exact) mass is 369 g/mol. The number of rotatable bonds is 5. The minimum absolute atomic E-state index is 0.0926. The normalized spacial score (nSPS) is 16.3. The van der Waals surface area contributed by atoms with Gasteiger partial charge in [0.05, 0.1) is 23.3 Å². The van der Waals surface area contributed by atoms with Crippen molar-refractivity contribution in [3.8, 4) is 0 Å². The van der Waals surface area contributed by atoms with Gasteiger partial charge in [-0.1, -0.05) is 54.1 Å². The standard InChI is InChI=1S/C18H16ClN5O2/c19-13-8-4-5-9-14(13)21-16(25)10-15-17(26)23-18(22-15)24-20-11-12-6-2-1-3-7-12/h1-9,11,15H,10H2,(H,21,25)(H2,22,23,24,26)/b20-11+/t15-/m1/s1. The molecule has 2 aromatic carbocycles. The predicted molar refractivity (Wildman–Crippen MR) is 101 cm³/mol. The molecule has 8 heteroatoms. The van der Waals surface area contributed by atoms with Gasteiger partial charge >= 0.3 is 0 Å². The highest BCUT2D eigenvalue weighted by molar-refractivity contribution is 6.33. The number of benzene rings is 2. The lowest BCUT2D eigenvalue weighted by molar-refractivity contribution is -0.123. The highest BCUT2D eigenvalue weighted by atomic mass is 35.5. The van der Waals surface area contributed by atoms with Crippen molar-refractivity contribution < 1.29 is 9.59 Å². The Morgan fingerprint density at radius 3 is 2.69 bits per heavy atom. The zero-order chi connectivity index (χ0) is 18.4. The minimum atomic E-state index is -0.813. The molecule has 0 bridgehead atoms. The van der Waals surface area contributed by atoms with E-state index in [0.29, 0.717) is 10.7 Å². The second-order valence-corrected chi connectivity index (χ2v) is 5.90. The van der Waals surface area contributed by atoms with Gasteiger partial charge in [0.25, 0.3) is 5.91 Å². The summed E-state index contributed by atoms with van der Waals surface area (Å²) in [4.78, 5) is 28.2. The summed E-state index contributed by atoms with van der Waals surface area (Å²) >= 11 is 6.00. The predicted octanol–water partition coefficient (Wildman–Crippen LogP) is 2.15. The van der Waals surface area contributed by atoms with Crippen molar-refractivity contribution in [1.29, 1.82) is 0 Å². The zero-order valence-corrected chi connectivity index (χ0v) is 14.4. The maximum Gasteiger partial charge on any atom is 0.252 e. The van der Waals surface area contributed by atoms with E-state index in [0.717, 1.165) is 5.56 Å². The summed E-state index contributed by atoms with van der Waals surface area (Å²) in [6.07, 6.45) is 1.51. The Bertz CT molecular complexity index is 867. The average molecular weight is 370 g/mol. The number of carbonyl (C=O) groups is 2. The van der Waals surface area contributed by atoms with Crippen molar-refractivity contribution in [1.82, 2.24) is 10.7 Å². The lowest BCUT2D eigenvalue weighted by atomic mass is 10.2. The molecule has 2 aromatic rings. The molecular weight excluding hydrogens is 354 g/mol. The first-order valence-corrected chi connectivity index (χ1v) is 8.27. The van der Waals surface area contributed by atoms with Crippen LogP contribution >= 0.6 is 11.6 Å². The van der Waals surface area contributed by atoms with Crippen LogP contribution in [-0.4, -0.2) is 30.0 Å². The van der Waals surface area contributed by atoms with E-state index in [4.69, 9.17) is 11.6 Å². The molecule has 0 saturated heterocycles. The molecule has 3 rings (SSSR count). The van der Waals surface area contributed by atoms with Crippen LogP contribution in [-0.2, 0) is 9.59 Å². The zero-order valence-electron chi connectivity index (χ0n) is 13.6. The molecule has 7 nitrogen and oxygen atoms in total. The number of aliphatic imine (C=N–C) groups is 1. The van der Waals surface area contributed by atoms with E-state index in [1.165, 1.54) is 0 Å². The number of amides is 2. The fourth-order valence-electron chi connectivity index (χ4n) is 2.29. The summed E-state index contributed by atoms with van der Waals surface area (Å²) in [6.45, 7) is 0. The van der Waals surface area contributed by atoms with E-state index in [1.807, 2.05) is 30.3 Å². The molecule has 0 fully saturated rings. The van der Waals surface area contributed by atoms with Gasteiger partial charge in [-0.15, -0.1) is 0 Å². The Morgan fingerprint density at radius 2 is 1.92 bits per heavy atom. The molecule has 3 N–H and O–H groups in total. The van der Waals surface area contributed by atoms with E-state index >= 15 is 0 Å². The van der Waals surface area contributed by atoms with Crippen LogP contribution in [0.25, 0.3) is 0 Å². The number of hydrogen-bond acceptors (Lipinski definition) is 5. The van der Waals surface area contributed by atoms with Gasteiger partial charge in [-0.25, -0.2) is 10.4 Å². The second kappa shape index (κ2) is 8.26. The first kappa shape index (κ1) is 17.6. The van der Waals surface area contributed by atoms with E-state index in [-0.39, 0.29) is 24.2 Å². The van der Waals surface area contributed by atoms with Crippen LogP contribution in [0.1, 0.15) is 12.0 Å². The molecule has 0 unspecified atom stereocenters. The highest BCUT2D eigenvalue weighted by Gasteiger charge is 2.28. The molecule has 1 aliphatic rings. The molecule has 0 saturated carbocycles. The second-order valence-electron chi connectivity index (χ2n) is 5.50. The molecule has 26 heavy (non-hydrogen) atoms. The minimum Gasteiger partial charge on any atom is -0.325 e. The number of nitrogens with zero attached hydrogens (tertiary/aromatic N) is 2. The molecule has 132 valence electrons. The molecular formula is C18H16ClN5O2. The third-order valence-corrected chi connectivity index (χ3v) is 3.87. The van der Waals surface area contributed by atoms with Gasteiger partial charge in [-0.3, -0.25) is 14.9 Å². The smallest absolute Gasteiger partial charge is 0.252 e. The number of nitrogens with one attached hydrogen (secondary N) is 3. The topological polar surface area (TPSA) is 94.9 Å². The van der Waals surface area contributed by atoms with Crippen molar-refractivity contribution in [3.63, 3.8) is 0 Å². The SMILES string of the molecule is O=C(C[C@H]1N=C(N/N=C/c2ccccc2)NC1=O)Nc1ccccc1Cl. The number of halogens is 1. The molecule has 0 spiro atoms. The van der Waals surface area contributed by atoms with Gasteiger partial charge in [-0.05, 0) is 17.7 Å².